The second-order valence-corrected chi connectivity index (χ2v) is 5.27. The van der Waals surface area contributed by atoms with Crippen molar-refractivity contribution in [2.24, 2.45) is 0 Å². The molecule has 1 aliphatic heterocycles. The molecule has 2 atom stereocenters. The van der Waals surface area contributed by atoms with Gasteiger partial charge in [0.25, 0.3) is 0 Å². The minimum Gasteiger partial charge on any atom is -0.355 e. The highest BCUT2D eigenvalue weighted by atomic mass is 16.2. The third-order valence-electron chi connectivity index (χ3n) is 3.49. The van der Waals surface area contributed by atoms with Crippen molar-refractivity contribution in [2.45, 2.75) is 57.7 Å². The highest BCUT2D eigenvalue weighted by molar-refractivity contribution is 6.06. The van der Waals surface area contributed by atoms with Crippen LogP contribution in [0.15, 0.2) is 0 Å². The summed E-state index contributed by atoms with van der Waals surface area (Å²) in [6.07, 6.45) is 2.86. The monoisotopic (exact) mass is 267 g/mol. The van der Waals surface area contributed by atoms with Gasteiger partial charge < -0.3 is 5.32 Å². The number of nitrogens with zero attached hydrogens (tertiary/aromatic N) is 1. The molecule has 0 bridgehead atoms. The molecule has 1 heterocycles. The van der Waals surface area contributed by atoms with Crippen LogP contribution in [-0.2, 0) is 14.4 Å². The van der Waals surface area contributed by atoms with Crippen molar-refractivity contribution in [3.05, 3.63) is 0 Å². The average Bonchev–Trinajstić information content (AvgIpc) is 3.15. The minimum atomic E-state index is -0.546. The van der Waals surface area contributed by atoms with Crippen LogP contribution in [0.4, 0.5) is 0 Å². The first kappa shape index (κ1) is 14.0. The number of carbonyl (C=O) groups excluding carboxylic acids is 3. The normalized spacial score (nSPS) is 24.7. The highest BCUT2D eigenvalue weighted by Gasteiger charge is 2.46. The third-order valence-corrected chi connectivity index (χ3v) is 3.49. The summed E-state index contributed by atoms with van der Waals surface area (Å²) in [4.78, 5) is 36.9. The van der Waals surface area contributed by atoms with Crippen molar-refractivity contribution in [3.63, 3.8) is 0 Å². The molecule has 2 aliphatic rings. The summed E-state index contributed by atoms with van der Waals surface area (Å²) in [7, 11) is 0. The second kappa shape index (κ2) is 5.69. The maximum absolute atomic E-state index is 12.1. The van der Waals surface area contributed by atoms with Gasteiger partial charge in [0, 0.05) is 12.6 Å². The topological polar surface area (TPSA) is 78.5 Å². The number of nitrogens with one attached hydrogen (secondary N) is 2. The van der Waals surface area contributed by atoms with Gasteiger partial charge in [-0.2, -0.15) is 0 Å². The summed E-state index contributed by atoms with van der Waals surface area (Å²) >= 11 is 0. The van der Waals surface area contributed by atoms with E-state index in [-0.39, 0.29) is 30.2 Å². The van der Waals surface area contributed by atoms with Crippen LogP contribution in [0.1, 0.15) is 39.5 Å². The maximum atomic E-state index is 12.1. The number of amides is 3. The average molecular weight is 267 g/mol. The quantitative estimate of drug-likeness (QED) is 0.652. The predicted molar refractivity (Wildman–Crippen MR) is 69.2 cm³/mol. The molecule has 1 saturated heterocycles. The van der Waals surface area contributed by atoms with Gasteiger partial charge >= 0.3 is 0 Å². The van der Waals surface area contributed by atoms with Crippen LogP contribution in [0.25, 0.3) is 0 Å². The lowest BCUT2D eigenvalue weighted by Gasteiger charge is -2.18. The summed E-state index contributed by atoms with van der Waals surface area (Å²) in [6.45, 7) is 4.31. The van der Waals surface area contributed by atoms with Crippen LogP contribution in [0.3, 0.4) is 0 Å². The zero-order valence-electron chi connectivity index (χ0n) is 11.4. The van der Waals surface area contributed by atoms with Crippen molar-refractivity contribution >= 4 is 17.7 Å². The summed E-state index contributed by atoms with van der Waals surface area (Å²) in [6, 6.07) is -0.904. The fraction of sp³-hybridized carbons (Fsp3) is 0.769. The minimum absolute atomic E-state index is 0.107. The fourth-order valence-corrected chi connectivity index (χ4v) is 2.28. The molecule has 2 N–H and O–H groups in total. The van der Waals surface area contributed by atoms with E-state index in [9.17, 15) is 14.4 Å². The molecule has 0 aromatic heterocycles. The third kappa shape index (κ3) is 3.12. The standard InChI is InChI=1S/C13H21N3O3/c1-3-6-14-12(18)8(2)15-10-7-11(17)16(13(10)19)9-4-5-9/h8-10,15H,3-7H2,1-2H3,(H,14,18). The Labute approximate surface area is 112 Å². The lowest BCUT2D eigenvalue weighted by Crippen LogP contribution is -2.49. The van der Waals surface area contributed by atoms with Gasteiger partial charge in [-0.1, -0.05) is 6.92 Å². The first-order valence-electron chi connectivity index (χ1n) is 6.94. The van der Waals surface area contributed by atoms with Gasteiger partial charge in [0.2, 0.25) is 17.7 Å². The molecule has 3 amide bonds. The molecule has 106 valence electrons. The predicted octanol–water partition coefficient (Wildman–Crippen LogP) is -0.219. The molecule has 2 unspecified atom stereocenters. The van der Waals surface area contributed by atoms with E-state index in [4.69, 9.17) is 0 Å². The lowest BCUT2D eigenvalue weighted by atomic mass is 10.2. The fourth-order valence-electron chi connectivity index (χ4n) is 2.28. The maximum Gasteiger partial charge on any atom is 0.247 e. The van der Waals surface area contributed by atoms with E-state index in [1.165, 1.54) is 4.90 Å². The lowest BCUT2D eigenvalue weighted by molar-refractivity contribution is -0.139. The molecule has 2 fully saturated rings. The van der Waals surface area contributed by atoms with E-state index in [2.05, 4.69) is 10.6 Å². The number of hydrogen-bond acceptors (Lipinski definition) is 4. The molecule has 1 saturated carbocycles. The van der Waals surface area contributed by atoms with Gasteiger partial charge in [0.05, 0.1) is 18.5 Å². The first-order chi connectivity index (χ1) is 9.04. The Hall–Kier alpha value is -1.43. The summed E-state index contributed by atoms with van der Waals surface area (Å²) in [5.41, 5.74) is 0. The van der Waals surface area contributed by atoms with Gasteiger partial charge in [-0.05, 0) is 26.2 Å². The largest absolute Gasteiger partial charge is 0.355 e. The van der Waals surface area contributed by atoms with E-state index in [0.717, 1.165) is 19.3 Å². The molecule has 2 rings (SSSR count). The van der Waals surface area contributed by atoms with Crippen LogP contribution in [-0.4, -0.2) is 47.3 Å². The molecule has 0 spiro atoms. The van der Waals surface area contributed by atoms with Crippen LogP contribution in [0.2, 0.25) is 0 Å². The molecule has 6 nitrogen and oxygen atoms in total. The smallest absolute Gasteiger partial charge is 0.247 e. The Morgan fingerprint density at radius 3 is 2.68 bits per heavy atom. The van der Waals surface area contributed by atoms with Crippen LogP contribution in [0, 0.1) is 0 Å². The summed E-state index contributed by atoms with van der Waals surface area (Å²) < 4.78 is 0. The van der Waals surface area contributed by atoms with Crippen LogP contribution >= 0.6 is 0 Å². The van der Waals surface area contributed by atoms with E-state index in [1.54, 1.807) is 6.92 Å². The zero-order chi connectivity index (χ0) is 14.0. The molecule has 6 heteroatoms. The molecule has 19 heavy (non-hydrogen) atoms. The first-order valence-corrected chi connectivity index (χ1v) is 6.94. The van der Waals surface area contributed by atoms with Crippen LogP contribution < -0.4 is 10.6 Å². The van der Waals surface area contributed by atoms with Crippen molar-refractivity contribution < 1.29 is 14.4 Å². The van der Waals surface area contributed by atoms with Crippen molar-refractivity contribution in [2.75, 3.05) is 6.54 Å². The van der Waals surface area contributed by atoms with Crippen molar-refractivity contribution in [3.8, 4) is 0 Å². The molecular weight excluding hydrogens is 246 g/mol. The van der Waals surface area contributed by atoms with Gasteiger partial charge in [-0.3, -0.25) is 24.6 Å². The zero-order valence-corrected chi connectivity index (χ0v) is 11.4. The molecule has 0 aromatic carbocycles. The van der Waals surface area contributed by atoms with Crippen LogP contribution in [0.5, 0.6) is 0 Å². The van der Waals surface area contributed by atoms with E-state index in [1.807, 2.05) is 6.92 Å². The Bertz CT molecular complexity index is 393. The molecular formula is C13H21N3O3. The highest BCUT2D eigenvalue weighted by Crippen LogP contribution is 2.31. The Balaban J connectivity index is 1.87. The van der Waals surface area contributed by atoms with E-state index < -0.39 is 12.1 Å². The van der Waals surface area contributed by atoms with Crippen molar-refractivity contribution in [1.82, 2.24) is 15.5 Å². The Morgan fingerprint density at radius 2 is 2.11 bits per heavy atom. The summed E-state index contributed by atoms with van der Waals surface area (Å²) in [5.74, 6) is -0.430. The summed E-state index contributed by atoms with van der Waals surface area (Å²) in [5, 5.41) is 5.72. The molecule has 1 aliphatic carbocycles. The Kier molecular flexibility index (Phi) is 4.19. The van der Waals surface area contributed by atoms with Gasteiger partial charge in [-0.15, -0.1) is 0 Å². The van der Waals surface area contributed by atoms with E-state index in [0.29, 0.717) is 6.54 Å². The number of rotatable bonds is 6. The Morgan fingerprint density at radius 1 is 1.42 bits per heavy atom. The van der Waals surface area contributed by atoms with E-state index >= 15 is 0 Å². The number of carbonyl (C=O) groups is 3. The number of hydrogen-bond donors (Lipinski definition) is 2. The SMILES string of the molecule is CCCNC(=O)C(C)NC1CC(=O)N(C2CC2)C1=O. The number of likely N-dealkylation sites (tertiary alicyclic amines) is 1. The molecule has 0 radical (unpaired) electrons. The van der Waals surface area contributed by atoms with Gasteiger partial charge in [0.15, 0.2) is 0 Å². The van der Waals surface area contributed by atoms with Gasteiger partial charge in [0.1, 0.15) is 0 Å². The second-order valence-electron chi connectivity index (χ2n) is 5.27. The molecule has 0 aromatic rings. The number of imide groups is 1. The van der Waals surface area contributed by atoms with Crippen molar-refractivity contribution in [1.29, 1.82) is 0 Å². The van der Waals surface area contributed by atoms with Gasteiger partial charge in [-0.25, -0.2) is 0 Å².